The second-order valence-corrected chi connectivity index (χ2v) is 6.40. The maximum absolute atomic E-state index is 14.0. The van der Waals surface area contributed by atoms with Crippen molar-refractivity contribution in [3.8, 4) is 0 Å². The summed E-state index contributed by atoms with van der Waals surface area (Å²) in [5.74, 6) is -0.787. The van der Waals surface area contributed by atoms with Crippen LogP contribution < -0.4 is 5.32 Å². The molecule has 1 heterocycles. The fourth-order valence-corrected chi connectivity index (χ4v) is 2.77. The van der Waals surface area contributed by atoms with Crippen LogP contribution >= 0.6 is 15.9 Å². The number of nitrogens with one attached hydrogen (secondary N) is 1. The molecular formula is C15H18BrFN2O2. The lowest BCUT2D eigenvalue weighted by atomic mass is 9.90. The average Bonchev–Trinajstić information content (AvgIpc) is 2.43. The van der Waals surface area contributed by atoms with Gasteiger partial charge in [-0.15, -0.1) is 0 Å². The van der Waals surface area contributed by atoms with Gasteiger partial charge in [-0.25, -0.2) is 4.39 Å². The predicted molar refractivity (Wildman–Crippen MR) is 81.0 cm³/mol. The summed E-state index contributed by atoms with van der Waals surface area (Å²) >= 11 is 3.20. The molecule has 2 atom stereocenters. The average molecular weight is 357 g/mol. The van der Waals surface area contributed by atoms with Crippen molar-refractivity contribution in [1.29, 1.82) is 0 Å². The van der Waals surface area contributed by atoms with Crippen LogP contribution in [0.25, 0.3) is 0 Å². The third kappa shape index (κ3) is 2.81. The molecule has 2 amide bonds. The van der Waals surface area contributed by atoms with Crippen LogP contribution in [0.3, 0.4) is 0 Å². The molecule has 0 bridgehead atoms. The smallest absolute Gasteiger partial charge is 0.246 e. The van der Waals surface area contributed by atoms with Crippen molar-refractivity contribution >= 4 is 27.7 Å². The van der Waals surface area contributed by atoms with E-state index in [2.05, 4.69) is 21.2 Å². The zero-order valence-corrected chi connectivity index (χ0v) is 13.8. The Labute approximate surface area is 131 Å². The van der Waals surface area contributed by atoms with E-state index in [0.717, 1.165) is 0 Å². The van der Waals surface area contributed by atoms with E-state index in [0.29, 0.717) is 16.5 Å². The largest absolute Gasteiger partial charge is 0.343 e. The van der Waals surface area contributed by atoms with Gasteiger partial charge in [0, 0.05) is 16.6 Å². The SMILES string of the molecule is CCC1(C)C(=O)NC(C)C(=O)N1Cc1ccc(Br)cc1F. The van der Waals surface area contributed by atoms with Gasteiger partial charge in [0.1, 0.15) is 17.4 Å². The molecule has 1 aromatic rings. The van der Waals surface area contributed by atoms with E-state index < -0.39 is 17.4 Å². The topological polar surface area (TPSA) is 49.4 Å². The Morgan fingerprint density at radius 3 is 2.67 bits per heavy atom. The molecule has 0 saturated carbocycles. The van der Waals surface area contributed by atoms with Gasteiger partial charge in [0.25, 0.3) is 0 Å². The van der Waals surface area contributed by atoms with Crippen LogP contribution in [-0.4, -0.2) is 28.3 Å². The van der Waals surface area contributed by atoms with Crippen molar-refractivity contribution in [2.24, 2.45) is 0 Å². The normalized spacial score (nSPS) is 26.0. The summed E-state index contributed by atoms with van der Waals surface area (Å²) in [7, 11) is 0. The minimum absolute atomic E-state index is 0.0834. The standard InChI is InChI=1S/C15H18BrFN2O2/c1-4-15(3)14(21)18-9(2)13(20)19(15)8-10-5-6-11(16)7-12(10)17/h5-7,9H,4,8H2,1-3H3,(H,18,21). The molecule has 2 rings (SSSR count). The summed E-state index contributed by atoms with van der Waals surface area (Å²) in [6.07, 6.45) is 0.468. The summed E-state index contributed by atoms with van der Waals surface area (Å²) < 4.78 is 14.7. The van der Waals surface area contributed by atoms with Gasteiger partial charge in [0.05, 0.1) is 0 Å². The van der Waals surface area contributed by atoms with E-state index in [-0.39, 0.29) is 18.4 Å². The van der Waals surface area contributed by atoms with Crippen molar-refractivity contribution in [2.75, 3.05) is 0 Å². The Hall–Kier alpha value is -1.43. The second-order valence-electron chi connectivity index (χ2n) is 5.48. The molecular weight excluding hydrogens is 339 g/mol. The van der Waals surface area contributed by atoms with Crippen LogP contribution in [0.2, 0.25) is 0 Å². The highest BCUT2D eigenvalue weighted by Gasteiger charge is 2.47. The Kier molecular flexibility index (Phi) is 4.37. The molecule has 0 aliphatic carbocycles. The predicted octanol–water partition coefficient (Wildman–Crippen LogP) is 2.60. The Morgan fingerprint density at radius 1 is 1.43 bits per heavy atom. The Balaban J connectivity index is 2.37. The summed E-state index contributed by atoms with van der Waals surface area (Å²) in [5, 5.41) is 2.68. The molecule has 1 fully saturated rings. The first-order valence-corrected chi connectivity index (χ1v) is 7.65. The molecule has 1 aromatic carbocycles. The van der Waals surface area contributed by atoms with Gasteiger partial charge in [-0.05, 0) is 32.4 Å². The van der Waals surface area contributed by atoms with E-state index in [1.54, 1.807) is 26.0 Å². The van der Waals surface area contributed by atoms with E-state index in [9.17, 15) is 14.0 Å². The van der Waals surface area contributed by atoms with E-state index >= 15 is 0 Å². The van der Waals surface area contributed by atoms with Crippen LogP contribution in [0.5, 0.6) is 0 Å². The van der Waals surface area contributed by atoms with Gasteiger partial charge in [-0.1, -0.05) is 28.9 Å². The van der Waals surface area contributed by atoms with Gasteiger partial charge in [-0.2, -0.15) is 0 Å². The molecule has 6 heteroatoms. The maximum Gasteiger partial charge on any atom is 0.246 e. The minimum Gasteiger partial charge on any atom is -0.343 e. The number of rotatable bonds is 3. The van der Waals surface area contributed by atoms with Crippen molar-refractivity contribution in [3.05, 3.63) is 34.1 Å². The van der Waals surface area contributed by atoms with Crippen molar-refractivity contribution in [1.82, 2.24) is 10.2 Å². The number of halogens is 2. The first kappa shape index (κ1) is 15.9. The van der Waals surface area contributed by atoms with Crippen molar-refractivity contribution in [2.45, 2.75) is 45.3 Å². The lowest BCUT2D eigenvalue weighted by Gasteiger charge is -2.45. The minimum atomic E-state index is -0.955. The molecule has 2 unspecified atom stereocenters. The highest BCUT2D eigenvalue weighted by Crippen LogP contribution is 2.28. The lowest BCUT2D eigenvalue weighted by Crippen LogP contribution is -2.68. The number of benzene rings is 1. The summed E-state index contributed by atoms with van der Waals surface area (Å²) in [5.41, 5.74) is -0.559. The number of hydrogen-bond donors (Lipinski definition) is 1. The van der Waals surface area contributed by atoms with Crippen LogP contribution in [-0.2, 0) is 16.1 Å². The number of hydrogen-bond acceptors (Lipinski definition) is 2. The molecule has 114 valence electrons. The fraction of sp³-hybridized carbons (Fsp3) is 0.467. The maximum atomic E-state index is 14.0. The van der Waals surface area contributed by atoms with Crippen molar-refractivity contribution in [3.63, 3.8) is 0 Å². The van der Waals surface area contributed by atoms with Gasteiger partial charge >= 0.3 is 0 Å². The number of amides is 2. The Morgan fingerprint density at radius 2 is 2.10 bits per heavy atom. The molecule has 0 radical (unpaired) electrons. The molecule has 1 aliphatic rings. The van der Waals surface area contributed by atoms with Crippen molar-refractivity contribution < 1.29 is 14.0 Å². The molecule has 1 N–H and O–H groups in total. The van der Waals surface area contributed by atoms with Gasteiger partial charge in [0.15, 0.2) is 0 Å². The van der Waals surface area contributed by atoms with Crippen LogP contribution in [0, 0.1) is 5.82 Å². The lowest BCUT2D eigenvalue weighted by molar-refractivity contribution is -0.157. The third-order valence-corrected chi connectivity index (χ3v) is 4.59. The summed E-state index contributed by atoms with van der Waals surface area (Å²) in [4.78, 5) is 26.1. The number of piperazine rings is 1. The van der Waals surface area contributed by atoms with E-state index in [1.807, 2.05) is 6.92 Å². The fourth-order valence-electron chi connectivity index (χ4n) is 2.44. The first-order chi connectivity index (χ1) is 9.79. The van der Waals surface area contributed by atoms with Gasteiger partial charge in [0.2, 0.25) is 11.8 Å². The first-order valence-electron chi connectivity index (χ1n) is 6.86. The highest BCUT2D eigenvalue weighted by molar-refractivity contribution is 9.10. The molecule has 0 aromatic heterocycles. The molecule has 21 heavy (non-hydrogen) atoms. The highest BCUT2D eigenvalue weighted by atomic mass is 79.9. The monoisotopic (exact) mass is 356 g/mol. The molecule has 1 aliphatic heterocycles. The van der Waals surface area contributed by atoms with Crippen LogP contribution in [0.15, 0.2) is 22.7 Å². The number of carbonyl (C=O) groups is 2. The van der Waals surface area contributed by atoms with E-state index in [1.165, 1.54) is 11.0 Å². The third-order valence-electron chi connectivity index (χ3n) is 4.10. The number of carbonyl (C=O) groups excluding carboxylic acids is 2. The zero-order valence-electron chi connectivity index (χ0n) is 12.2. The molecule has 0 spiro atoms. The Bertz CT molecular complexity index is 593. The van der Waals surface area contributed by atoms with Crippen LogP contribution in [0.1, 0.15) is 32.8 Å². The van der Waals surface area contributed by atoms with Gasteiger partial charge in [-0.3, -0.25) is 9.59 Å². The summed E-state index contributed by atoms with van der Waals surface area (Å²) in [6, 6.07) is 4.12. The summed E-state index contributed by atoms with van der Waals surface area (Å²) in [6.45, 7) is 5.27. The molecule has 4 nitrogen and oxygen atoms in total. The van der Waals surface area contributed by atoms with Crippen LogP contribution in [0.4, 0.5) is 4.39 Å². The quantitative estimate of drug-likeness (QED) is 0.904. The van der Waals surface area contributed by atoms with E-state index in [4.69, 9.17) is 0 Å². The molecule has 1 saturated heterocycles. The van der Waals surface area contributed by atoms with Gasteiger partial charge < -0.3 is 10.2 Å². The number of nitrogens with zero attached hydrogens (tertiary/aromatic N) is 1. The zero-order chi connectivity index (χ0) is 15.8. The second kappa shape index (κ2) is 5.75.